The highest BCUT2D eigenvalue weighted by molar-refractivity contribution is 4.85. The SMILES string of the molecule is CCCCOCCCNC1CCC2(CC1)OCCO2. The van der Waals surface area contributed by atoms with E-state index < -0.39 is 0 Å². The van der Waals surface area contributed by atoms with Crippen LogP contribution in [0.5, 0.6) is 0 Å². The quantitative estimate of drug-likeness (QED) is 0.688. The molecule has 0 unspecified atom stereocenters. The molecular formula is C15H29NO3. The van der Waals surface area contributed by atoms with Crippen LogP contribution >= 0.6 is 0 Å². The van der Waals surface area contributed by atoms with E-state index in [-0.39, 0.29) is 5.79 Å². The fourth-order valence-electron chi connectivity index (χ4n) is 2.88. The van der Waals surface area contributed by atoms with Crippen molar-refractivity contribution in [1.82, 2.24) is 5.32 Å². The van der Waals surface area contributed by atoms with Crippen LogP contribution < -0.4 is 5.32 Å². The second kappa shape index (κ2) is 8.20. The van der Waals surface area contributed by atoms with Crippen molar-refractivity contribution in [3.8, 4) is 0 Å². The highest BCUT2D eigenvalue weighted by atomic mass is 16.7. The maximum atomic E-state index is 5.74. The lowest BCUT2D eigenvalue weighted by atomic mass is 9.90. The van der Waals surface area contributed by atoms with Crippen LogP contribution in [0.2, 0.25) is 0 Å². The van der Waals surface area contributed by atoms with Gasteiger partial charge in [-0.1, -0.05) is 13.3 Å². The molecule has 112 valence electrons. The average molecular weight is 271 g/mol. The second-order valence-corrected chi connectivity index (χ2v) is 5.66. The molecule has 0 aromatic heterocycles. The zero-order chi connectivity index (χ0) is 13.4. The predicted molar refractivity (Wildman–Crippen MR) is 75.2 cm³/mol. The minimum Gasteiger partial charge on any atom is -0.381 e. The lowest BCUT2D eigenvalue weighted by molar-refractivity contribution is -0.179. The number of unbranched alkanes of at least 4 members (excludes halogenated alkanes) is 1. The van der Waals surface area contributed by atoms with E-state index >= 15 is 0 Å². The molecule has 1 spiro atoms. The van der Waals surface area contributed by atoms with Crippen molar-refractivity contribution in [2.45, 2.75) is 63.7 Å². The molecule has 2 rings (SSSR count). The number of rotatable bonds is 8. The summed E-state index contributed by atoms with van der Waals surface area (Å²) < 4.78 is 17.0. The van der Waals surface area contributed by atoms with E-state index in [1.54, 1.807) is 0 Å². The standard InChI is InChI=1S/C15H29NO3/c1-2-3-10-17-11-4-9-16-14-5-7-15(8-6-14)18-12-13-19-15/h14,16H,2-13H2,1H3. The molecule has 1 saturated heterocycles. The van der Waals surface area contributed by atoms with Crippen molar-refractivity contribution in [1.29, 1.82) is 0 Å². The molecule has 19 heavy (non-hydrogen) atoms. The van der Waals surface area contributed by atoms with Crippen molar-refractivity contribution in [3.63, 3.8) is 0 Å². The maximum absolute atomic E-state index is 5.74. The van der Waals surface area contributed by atoms with Crippen LogP contribution in [0.25, 0.3) is 0 Å². The molecule has 0 atom stereocenters. The third-order valence-corrected chi connectivity index (χ3v) is 4.10. The van der Waals surface area contributed by atoms with Gasteiger partial charge in [-0.05, 0) is 32.2 Å². The number of nitrogens with one attached hydrogen (secondary N) is 1. The third-order valence-electron chi connectivity index (χ3n) is 4.10. The molecule has 1 heterocycles. The Labute approximate surface area is 117 Å². The van der Waals surface area contributed by atoms with Gasteiger partial charge in [0.25, 0.3) is 0 Å². The largest absolute Gasteiger partial charge is 0.381 e. The molecule has 1 aliphatic heterocycles. The number of hydrogen-bond donors (Lipinski definition) is 1. The van der Waals surface area contributed by atoms with E-state index in [9.17, 15) is 0 Å². The van der Waals surface area contributed by atoms with Crippen molar-refractivity contribution >= 4 is 0 Å². The van der Waals surface area contributed by atoms with E-state index in [4.69, 9.17) is 14.2 Å². The van der Waals surface area contributed by atoms with E-state index in [2.05, 4.69) is 12.2 Å². The van der Waals surface area contributed by atoms with Gasteiger partial charge in [0.2, 0.25) is 0 Å². The first kappa shape index (κ1) is 15.2. The van der Waals surface area contributed by atoms with Crippen LogP contribution in [0.1, 0.15) is 51.9 Å². The minimum absolute atomic E-state index is 0.221. The van der Waals surface area contributed by atoms with Crippen LogP contribution in [0.3, 0.4) is 0 Å². The Morgan fingerprint density at radius 2 is 1.79 bits per heavy atom. The van der Waals surface area contributed by atoms with Gasteiger partial charge in [-0.2, -0.15) is 0 Å². The fourth-order valence-corrected chi connectivity index (χ4v) is 2.88. The summed E-state index contributed by atoms with van der Waals surface area (Å²) >= 11 is 0. The van der Waals surface area contributed by atoms with Gasteiger partial charge < -0.3 is 19.5 Å². The topological polar surface area (TPSA) is 39.7 Å². The lowest BCUT2D eigenvalue weighted by Crippen LogP contribution is -2.42. The summed E-state index contributed by atoms with van der Waals surface area (Å²) in [6.07, 6.45) is 7.91. The van der Waals surface area contributed by atoms with Crippen LogP contribution in [-0.2, 0) is 14.2 Å². The fraction of sp³-hybridized carbons (Fsp3) is 1.00. The lowest BCUT2D eigenvalue weighted by Gasteiger charge is -2.35. The first-order chi connectivity index (χ1) is 9.35. The van der Waals surface area contributed by atoms with Gasteiger partial charge in [0, 0.05) is 32.1 Å². The molecule has 1 N–H and O–H groups in total. The molecule has 0 radical (unpaired) electrons. The monoisotopic (exact) mass is 271 g/mol. The first-order valence-electron chi connectivity index (χ1n) is 7.94. The molecule has 1 aliphatic carbocycles. The summed E-state index contributed by atoms with van der Waals surface area (Å²) in [7, 11) is 0. The van der Waals surface area contributed by atoms with Crippen molar-refractivity contribution in [3.05, 3.63) is 0 Å². The van der Waals surface area contributed by atoms with Gasteiger partial charge in [-0.3, -0.25) is 0 Å². The molecule has 4 nitrogen and oxygen atoms in total. The van der Waals surface area contributed by atoms with Crippen molar-refractivity contribution in [2.24, 2.45) is 0 Å². The van der Waals surface area contributed by atoms with Gasteiger partial charge in [-0.25, -0.2) is 0 Å². The van der Waals surface area contributed by atoms with Crippen LogP contribution in [-0.4, -0.2) is 44.8 Å². The van der Waals surface area contributed by atoms with Gasteiger partial charge in [0.1, 0.15) is 0 Å². The molecule has 0 bridgehead atoms. The Hall–Kier alpha value is -0.160. The van der Waals surface area contributed by atoms with E-state index in [0.29, 0.717) is 6.04 Å². The summed E-state index contributed by atoms with van der Waals surface area (Å²) in [6, 6.07) is 0.633. The number of hydrogen-bond acceptors (Lipinski definition) is 4. The Kier molecular flexibility index (Phi) is 6.57. The summed E-state index contributed by atoms with van der Waals surface area (Å²) in [6.45, 7) is 6.59. The van der Waals surface area contributed by atoms with Crippen LogP contribution in [0.15, 0.2) is 0 Å². The molecule has 0 amide bonds. The first-order valence-corrected chi connectivity index (χ1v) is 7.94. The van der Waals surface area contributed by atoms with Crippen LogP contribution in [0.4, 0.5) is 0 Å². The van der Waals surface area contributed by atoms with E-state index in [1.807, 2.05) is 0 Å². The van der Waals surface area contributed by atoms with Gasteiger partial charge >= 0.3 is 0 Å². The van der Waals surface area contributed by atoms with Crippen molar-refractivity contribution < 1.29 is 14.2 Å². The Morgan fingerprint density at radius 1 is 1.11 bits per heavy atom. The summed E-state index contributed by atoms with van der Waals surface area (Å²) in [5.41, 5.74) is 0. The molecule has 4 heteroatoms. The predicted octanol–water partition coefficient (Wildman–Crippen LogP) is 2.47. The maximum Gasteiger partial charge on any atom is 0.168 e. The normalized spacial score (nSPS) is 23.2. The Morgan fingerprint density at radius 3 is 2.47 bits per heavy atom. The van der Waals surface area contributed by atoms with E-state index in [0.717, 1.165) is 65.1 Å². The third kappa shape index (κ3) is 5.03. The van der Waals surface area contributed by atoms with Crippen molar-refractivity contribution in [2.75, 3.05) is 33.0 Å². The van der Waals surface area contributed by atoms with E-state index in [1.165, 1.54) is 12.8 Å². The molecule has 0 aromatic rings. The highest BCUT2D eigenvalue weighted by Crippen LogP contribution is 2.35. The smallest absolute Gasteiger partial charge is 0.168 e. The Balaban J connectivity index is 1.47. The molecule has 2 aliphatic rings. The van der Waals surface area contributed by atoms with Gasteiger partial charge in [0.15, 0.2) is 5.79 Å². The minimum atomic E-state index is -0.221. The Bertz CT molecular complexity index is 232. The second-order valence-electron chi connectivity index (χ2n) is 5.66. The molecule has 1 saturated carbocycles. The number of ether oxygens (including phenoxy) is 3. The average Bonchev–Trinajstić information content (AvgIpc) is 2.89. The zero-order valence-electron chi connectivity index (χ0n) is 12.3. The summed E-state index contributed by atoms with van der Waals surface area (Å²) in [5, 5.41) is 3.63. The van der Waals surface area contributed by atoms with Gasteiger partial charge in [-0.15, -0.1) is 0 Å². The molecular weight excluding hydrogens is 242 g/mol. The molecule has 0 aromatic carbocycles. The van der Waals surface area contributed by atoms with Crippen LogP contribution in [0, 0.1) is 0 Å². The highest BCUT2D eigenvalue weighted by Gasteiger charge is 2.39. The molecule has 2 fully saturated rings. The zero-order valence-corrected chi connectivity index (χ0v) is 12.3. The van der Waals surface area contributed by atoms with Gasteiger partial charge in [0.05, 0.1) is 13.2 Å². The summed E-state index contributed by atoms with van der Waals surface area (Å²) in [5.74, 6) is -0.221. The summed E-state index contributed by atoms with van der Waals surface area (Å²) in [4.78, 5) is 0.